The predicted molar refractivity (Wildman–Crippen MR) is 101 cm³/mol. The summed E-state index contributed by atoms with van der Waals surface area (Å²) in [6.07, 6.45) is 2.08. The number of imide groups is 1. The monoisotopic (exact) mass is 357 g/mol. The highest BCUT2D eigenvalue weighted by atomic mass is 32.1. The molecule has 25 heavy (non-hydrogen) atoms. The third-order valence-electron chi connectivity index (χ3n) is 3.55. The van der Waals surface area contributed by atoms with E-state index in [1.807, 2.05) is 47.9 Å². The molecule has 1 aromatic carbocycles. The summed E-state index contributed by atoms with van der Waals surface area (Å²) in [5.41, 5.74) is 0.984. The molecule has 0 aliphatic carbocycles. The molecule has 2 N–H and O–H groups in total. The van der Waals surface area contributed by atoms with Gasteiger partial charge in [0.2, 0.25) is 5.91 Å². The summed E-state index contributed by atoms with van der Waals surface area (Å²) in [7, 11) is 0. The number of amides is 3. The molecule has 1 aromatic heterocycles. The zero-order valence-electron chi connectivity index (χ0n) is 14.1. The van der Waals surface area contributed by atoms with Crippen molar-refractivity contribution in [1.82, 2.24) is 15.5 Å². The Labute approximate surface area is 152 Å². The van der Waals surface area contributed by atoms with Crippen LogP contribution in [0.5, 0.6) is 0 Å². The summed E-state index contributed by atoms with van der Waals surface area (Å²) in [4.78, 5) is 27.1. The molecule has 1 heterocycles. The van der Waals surface area contributed by atoms with Crippen LogP contribution in [0.3, 0.4) is 0 Å². The second kappa shape index (κ2) is 10.4. The maximum atomic E-state index is 12.0. The second-order valence-electron chi connectivity index (χ2n) is 5.57. The van der Waals surface area contributed by atoms with Gasteiger partial charge in [-0.3, -0.25) is 15.0 Å². The van der Waals surface area contributed by atoms with Crippen molar-refractivity contribution in [1.29, 1.82) is 0 Å². The van der Waals surface area contributed by atoms with Crippen molar-refractivity contribution in [3.8, 4) is 0 Å². The summed E-state index contributed by atoms with van der Waals surface area (Å²) in [6.45, 7) is 6.19. The van der Waals surface area contributed by atoms with Crippen molar-refractivity contribution in [2.75, 3.05) is 13.1 Å². The summed E-state index contributed by atoms with van der Waals surface area (Å²) in [6, 6.07) is 13.2. The van der Waals surface area contributed by atoms with Crippen LogP contribution in [-0.2, 0) is 17.9 Å². The maximum Gasteiger partial charge on any atom is 0.321 e. The summed E-state index contributed by atoms with van der Waals surface area (Å²) in [5.74, 6) is -0.286. The van der Waals surface area contributed by atoms with Crippen molar-refractivity contribution in [2.24, 2.45) is 0 Å². The lowest BCUT2D eigenvalue weighted by Gasteiger charge is -2.19. The lowest BCUT2D eigenvalue weighted by atomic mass is 10.2. The summed E-state index contributed by atoms with van der Waals surface area (Å²) >= 11 is 1.69. The Morgan fingerprint density at radius 2 is 1.96 bits per heavy atom. The highest BCUT2D eigenvalue weighted by Crippen LogP contribution is 2.12. The van der Waals surface area contributed by atoms with E-state index in [1.54, 1.807) is 11.3 Å². The van der Waals surface area contributed by atoms with E-state index in [9.17, 15) is 9.59 Å². The van der Waals surface area contributed by atoms with E-state index >= 15 is 0 Å². The Balaban J connectivity index is 1.70. The molecule has 132 valence electrons. The highest BCUT2D eigenvalue weighted by molar-refractivity contribution is 7.09. The lowest BCUT2D eigenvalue weighted by molar-refractivity contribution is -0.120. The van der Waals surface area contributed by atoms with E-state index in [1.165, 1.54) is 4.88 Å². The van der Waals surface area contributed by atoms with E-state index < -0.39 is 6.03 Å². The number of benzene rings is 1. The number of nitrogens with zero attached hydrogens (tertiary/aromatic N) is 1. The molecule has 2 aromatic rings. The van der Waals surface area contributed by atoms with Crippen LogP contribution in [0.1, 0.15) is 16.9 Å². The third kappa shape index (κ3) is 7.32. The van der Waals surface area contributed by atoms with Crippen molar-refractivity contribution in [2.45, 2.75) is 19.5 Å². The van der Waals surface area contributed by atoms with Crippen LogP contribution in [-0.4, -0.2) is 29.9 Å². The van der Waals surface area contributed by atoms with E-state index in [0.29, 0.717) is 19.6 Å². The molecule has 0 bridgehead atoms. The lowest BCUT2D eigenvalue weighted by Crippen LogP contribution is -2.40. The first-order valence-corrected chi connectivity index (χ1v) is 9.02. The Bertz CT molecular complexity index is 671. The fourth-order valence-corrected chi connectivity index (χ4v) is 3.06. The molecule has 0 radical (unpaired) electrons. The minimum Gasteiger partial charge on any atom is -0.334 e. The molecule has 0 saturated heterocycles. The van der Waals surface area contributed by atoms with Gasteiger partial charge in [0.15, 0.2) is 0 Å². The van der Waals surface area contributed by atoms with Gasteiger partial charge in [-0.05, 0) is 17.0 Å². The van der Waals surface area contributed by atoms with Crippen LogP contribution >= 0.6 is 11.3 Å². The number of carbonyl (C=O) groups excluding carboxylic acids is 2. The minimum absolute atomic E-state index is 0.262. The van der Waals surface area contributed by atoms with Gasteiger partial charge in [-0.15, -0.1) is 17.9 Å². The first kappa shape index (κ1) is 18.9. The molecule has 0 unspecified atom stereocenters. The smallest absolute Gasteiger partial charge is 0.321 e. The zero-order valence-corrected chi connectivity index (χ0v) is 14.9. The van der Waals surface area contributed by atoms with Crippen LogP contribution < -0.4 is 10.6 Å². The molecule has 2 rings (SSSR count). The number of thiophene rings is 1. The molecular weight excluding hydrogens is 334 g/mol. The van der Waals surface area contributed by atoms with Gasteiger partial charge in [-0.25, -0.2) is 4.79 Å². The molecule has 0 aliphatic rings. The van der Waals surface area contributed by atoms with Crippen LogP contribution in [0.2, 0.25) is 0 Å². The van der Waals surface area contributed by atoms with Crippen LogP contribution in [0, 0.1) is 0 Å². The van der Waals surface area contributed by atoms with Gasteiger partial charge in [-0.1, -0.05) is 42.5 Å². The predicted octanol–water partition coefficient (Wildman–Crippen LogP) is 3.15. The average molecular weight is 357 g/mol. The Kier molecular flexibility index (Phi) is 7.88. The normalized spacial score (nSPS) is 10.4. The molecule has 0 aliphatic heterocycles. The number of hydrogen-bond acceptors (Lipinski definition) is 4. The van der Waals surface area contributed by atoms with Crippen LogP contribution in [0.15, 0.2) is 60.5 Å². The fourth-order valence-electron chi connectivity index (χ4n) is 2.31. The Hall–Kier alpha value is -2.44. The van der Waals surface area contributed by atoms with Gasteiger partial charge in [0.1, 0.15) is 0 Å². The number of carbonyl (C=O) groups is 2. The third-order valence-corrected chi connectivity index (χ3v) is 4.41. The minimum atomic E-state index is -0.470. The second-order valence-corrected chi connectivity index (χ2v) is 6.60. The van der Waals surface area contributed by atoms with Gasteiger partial charge >= 0.3 is 6.03 Å². The topological polar surface area (TPSA) is 61.4 Å². The van der Waals surface area contributed by atoms with Gasteiger partial charge in [0.25, 0.3) is 0 Å². The molecule has 3 amide bonds. The van der Waals surface area contributed by atoms with Crippen molar-refractivity contribution in [3.05, 3.63) is 70.9 Å². The Morgan fingerprint density at radius 1 is 1.16 bits per heavy atom. The standard InChI is InChI=1S/C19H23N3O2S/c1-2-11-22(15-17-9-6-13-25-17)12-10-18(23)21-19(24)20-14-16-7-4-3-5-8-16/h2-9,13H,1,10-12,14-15H2,(H2,20,21,23,24). The van der Waals surface area contributed by atoms with Crippen LogP contribution in [0.4, 0.5) is 4.79 Å². The number of urea groups is 1. The molecular formula is C19H23N3O2S. The Morgan fingerprint density at radius 3 is 2.64 bits per heavy atom. The van der Waals surface area contributed by atoms with E-state index in [4.69, 9.17) is 0 Å². The largest absolute Gasteiger partial charge is 0.334 e. The van der Waals surface area contributed by atoms with Gasteiger partial charge in [0.05, 0.1) is 0 Å². The van der Waals surface area contributed by atoms with Crippen molar-refractivity contribution >= 4 is 23.3 Å². The molecule has 5 nitrogen and oxygen atoms in total. The van der Waals surface area contributed by atoms with E-state index in [-0.39, 0.29) is 12.3 Å². The van der Waals surface area contributed by atoms with E-state index in [2.05, 4.69) is 28.2 Å². The number of rotatable bonds is 9. The van der Waals surface area contributed by atoms with Crippen LogP contribution in [0.25, 0.3) is 0 Å². The molecule has 0 fully saturated rings. The summed E-state index contributed by atoms with van der Waals surface area (Å²) in [5, 5.41) is 7.08. The molecule has 0 atom stereocenters. The zero-order chi connectivity index (χ0) is 17.9. The van der Waals surface area contributed by atoms with Gasteiger partial charge in [0, 0.05) is 37.5 Å². The first-order chi connectivity index (χ1) is 12.2. The summed E-state index contributed by atoms with van der Waals surface area (Å²) < 4.78 is 0. The quantitative estimate of drug-likeness (QED) is 0.678. The van der Waals surface area contributed by atoms with E-state index in [0.717, 1.165) is 12.1 Å². The molecule has 6 heteroatoms. The maximum absolute atomic E-state index is 12.0. The fraction of sp³-hybridized carbons (Fsp3) is 0.263. The average Bonchev–Trinajstić information content (AvgIpc) is 3.12. The first-order valence-electron chi connectivity index (χ1n) is 8.14. The molecule has 0 saturated carbocycles. The molecule has 0 spiro atoms. The number of hydrogen-bond donors (Lipinski definition) is 2. The van der Waals surface area contributed by atoms with Crippen molar-refractivity contribution < 1.29 is 9.59 Å². The van der Waals surface area contributed by atoms with Gasteiger partial charge in [-0.2, -0.15) is 0 Å². The van der Waals surface area contributed by atoms with Crippen molar-refractivity contribution in [3.63, 3.8) is 0 Å². The highest BCUT2D eigenvalue weighted by Gasteiger charge is 2.11. The SMILES string of the molecule is C=CCN(CCC(=O)NC(=O)NCc1ccccc1)Cc1cccs1. The van der Waals surface area contributed by atoms with Gasteiger partial charge < -0.3 is 5.32 Å². The number of nitrogens with one attached hydrogen (secondary N) is 2.